The van der Waals surface area contributed by atoms with Gasteiger partial charge < -0.3 is 5.32 Å². The van der Waals surface area contributed by atoms with Crippen LogP contribution in [0.15, 0.2) is 42.5 Å². The minimum Gasteiger partial charge on any atom is -0.382 e. The Balaban J connectivity index is 1.62. The summed E-state index contributed by atoms with van der Waals surface area (Å²) in [6, 6.07) is 14.1. The molecule has 2 aromatic carbocycles. The molecule has 0 bridgehead atoms. The van der Waals surface area contributed by atoms with E-state index in [-0.39, 0.29) is 5.82 Å². The first-order valence-corrected chi connectivity index (χ1v) is 7.21. The van der Waals surface area contributed by atoms with Crippen LogP contribution >= 0.6 is 0 Å². The lowest BCUT2D eigenvalue weighted by molar-refractivity contribution is 0.363. The van der Waals surface area contributed by atoms with E-state index in [0.717, 1.165) is 18.4 Å². The highest BCUT2D eigenvalue weighted by atomic mass is 19.1. The molecule has 0 spiro atoms. The van der Waals surface area contributed by atoms with Gasteiger partial charge in [0.15, 0.2) is 0 Å². The molecule has 104 valence electrons. The number of hydrogen-bond donors (Lipinski definition) is 1. The van der Waals surface area contributed by atoms with E-state index in [2.05, 4.69) is 37.4 Å². The van der Waals surface area contributed by atoms with Crippen molar-refractivity contribution in [2.75, 3.05) is 5.32 Å². The number of rotatable bonds is 3. The summed E-state index contributed by atoms with van der Waals surface area (Å²) < 4.78 is 13.7. The monoisotopic (exact) mass is 269 g/mol. The van der Waals surface area contributed by atoms with Gasteiger partial charge in [-0.15, -0.1) is 0 Å². The van der Waals surface area contributed by atoms with Gasteiger partial charge in [-0.05, 0) is 67.5 Å². The maximum Gasteiger partial charge on any atom is 0.126 e. The van der Waals surface area contributed by atoms with E-state index in [1.165, 1.54) is 16.8 Å². The van der Waals surface area contributed by atoms with Crippen molar-refractivity contribution < 1.29 is 4.39 Å². The molecule has 1 N–H and O–H groups in total. The average Bonchev–Trinajstić information content (AvgIpc) is 2.33. The predicted molar refractivity (Wildman–Crippen MR) is 81.7 cm³/mol. The third-order valence-corrected chi connectivity index (χ3v) is 4.08. The van der Waals surface area contributed by atoms with E-state index in [1.807, 2.05) is 12.1 Å². The van der Waals surface area contributed by atoms with Gasteiger partial charge in [-0.2, -0.15) is 0 Å². The molecule has 0 atom stereocenters. The van der Waals surface area contributed by atoms with Crippen molar-refractivity contribution in [3.05, 3.63) is 65.0 Å². The summed E-state index contributed by atoms with van der Waals surface area (Å²) in [4.78, 5) is 0. The Bertz CT molecular complexity index is 594. The molecular weight excluding hydrogens is 249 g/mol. The molecule has 1 fully saturated rings. The van der Waals surface area contributed by atoms with Crippen LogP contribution < -0.4 is 5.32 Å². The van der Waals surface area contributed by atoms with Crippen LogP contribution in [0, 0.1) is 19.7 Å². The zero-order valence-electron chi connectivity index (χ0n) is 12.0. The van der Waals surface area contributed by atoms with Gasteiger partial charge in [-0.25, -0.2) is 4.39 Å². The minimum absolute atomic E-state index is 0.0673. The van der Waals surface area contributed by atoms with Crippen molar-refractivity contribution in [1.82, 2.24) is 0 Å². The second-order valence-electron chi connectivity index (χ2n) is 5.91. The Morgan fingerprint density at radius 2 is 1.65 bits per heavy atom. The molecule has 0 aromatic heterocycles. The lowest BCUT2D eigenvalue weighted by atomic mass is 9.75. The van der Waals surface area contributed by atoms with Gasteiger partial charge in [-0.3, -0.25) is 0 Å². The van der Waals surface area contributed by atoms with Gasteiger partial charge in [0.05, 0.1) is 0 Å². The Hall–Kier alpha value is -1.83. The summed E-state index contributed by atoms with van der Waals surface area (Å²) in [6.07, 6.45) is 2.02. The topological polar surface area (TPSA) is 12.0 Å². The Morgan fingerprint density at radius 3 is 2.30 bits per heavy atom. The van der Waals surface area contributed by atoms with Crippen LogP contribution in [0.4, 0.5) is 10.1 Å². The molecule has 2 aromatic rings. The summed E-state index contributed by atoms with van der Waals surface area (Å²) in [7, 11) is 0. The molecule has 2 heteroatoms. The summed E-state index contributed by atoms with van der Waals surface area (Å²) in [5.74, 6) is 0.293. The second kappa shape index (κ2) is 5.28. The first kappa shape index (κ1) is 13.2. The average molecular weight is 269 g/mol. The number of hydrogen-bond acceptors (Lipinski definition) is 1. The van der Waals surface area contributed by atoms with Crippen molar-refractivity contribution in [2.24, 2.45) is 0 Å². The predicted octanol–water partition coefficient (Wildman–Crippen LogP) is 4.80. The van der Waals surface area contributed by atoms with Crippen LogP contribution in [-0.4, -0.2) is 6.04 Å². The van der Waals surface area contributed by atoms with Crippen molar-refractivity contribution >= 4 is 5.69 Å². The standard InChI is InChI=1S/C18H20FN/c1-12-7-13(2)9-15(8-12)20-16-10-14(11-16)17-5-3-4-6-18(17)19/h3-9,14,16,20H,10-11H2,1-2H3. The first-order chi connectivity index (χ1) is 9.61. The van der Waals surface area contributed by atoms with E-state index in [9.17, 15) is 4.39 Å². The highest BCUT2D eigenvalue weighted by Crippen LogP contribution is 2.39. The zero-order valence-corrected chi connectivity index (χ0v) is 12.0. The van der Waals surface area contributed by atoms with Gasteiger partial charge in [0.25, 0.3) is 0 Å². The summed E-state index contributed by atoms with van der Waals surface area (Å²) in [5.41, 5.74) is 4.60. The molecule has 1 aliphatic carbocycles. The van der Waals surface area contributed by atoms with Crippen LogP contribution in [0.2, 0.25) is 0 Å². The molecule has 1 aliphatic rings. The molecule has 3 rings (SSSR count). The first-order valence-electron chi connectivity index (χ1n) is 7.21. The summed E-state index contributed by atoms with van der Waals surface area (Å²) >= 11 is 0. The van der Waals surface area contributed by atoms with Gasteiger partial charge in [0.2, 0.25) is 0 Å². The molecule has 0 saturated heterocycles. The summed E-state index contributed by atoms with van der Waals surface area (Å²) in [6.45, 7) is 4.22. The lowest BCUT2D eigenvalue weighted by Gasteiger charge is -2.37. The van der Waals surface area contributed by atoms with E-state index in [4.69, 9.17) is 0 Å². The molecule has 0 heterocycles. The van der Waals surface area contributed by atoms with Gasteiger partial charge >= 0.3 is 0 Å². The maximum atomic E-state index is 13.7. The minimum atomic E-state index is -0.0673. The van der Waals surface area contributed by atoms with Crippen LogP contribution in [0.1, 0.15) is 35.4 Å². The highest BCUT2D eigenvalue weighted by molar-refractivity contribution is 5.49. The zero-order chi connectivity index (χ0) is 14.1. The van der Waals surface area contributed by atoms with E-state index in [0.29, 0.717) is 12.0 Å². The number of benzene rings is 2. The Labute approximate surface area is 119 Å². The second-order valence-corrected chi connectivity index (χ2v) is 5.91. The quantitative estimate of drug-likeness (QED) is 0.844. The fraction of sp³-hybridized carbons (Fsp3) is 0.333. The van der Waals surface area contributed by atoms with Crippen molar-refractivity contribution in [1.29, 1.82) is 0 Å². The molecule has 0 aliphatic heterocycles. The van der Waals surface area contributed by atoms with E-state index in [1.54, 1.807) is 12.1 Å². The fourth-order valence-corrected chi connectivity index (χ4v) is 3.09. The normalized spacial score (nSPS) is 21.4. The van der Waals surface area contributed by atoms with Crippen LogP contribution in [0.3, 0.4) is 0 Å². The molecule has 1 nitrogen and oxygen atoms in total. The molecule has 1 saturated carbocycles. The third-order valence-electron chi connectivity index (χ3n) is 4.08. The fourth-order valence-electron chi connectivity index (χ4n) is 3.09. The number of halogens is 1. The summed E-state index contributed by atoms with van der Waals surface area (Å²) in [5, 5.41) is 3.56. The van der Waals surface area contributed by atoms with Crippen molar-refractivity contribution in [3.63, 3.8) is 0 Å². The molecule has 20 heavy (non-hydrogen) atoms. The van der Waals surface area contributed by atoms with Crippen LogP contribution in [0.25, 0.3) is 0 Å². The maximum absolute atomic E-state index is 13.7. The van der Waals surface area contributed by atoms with Crippen LogP contribution in [-0.2, 0) is 0 Å². The van der Waals surface area contributed by atoms with Crippen molar-refractivity contribution in [3.8, 4) is 0 Å². The van der Waals surface area contributed by atoms with Gasteiger partial charge in [-0.1, -0.05) is 24.3 Å². The largest absolute Gasteiger partial charge is 0.382 e. The lowest BCUT2D eigenvalue weighted by Crippen LogP contribution is -2.34. The molecule has 0 amide bonds. The number of anilines is 1. The Morgan fingerprint density at radius 1 is 1.00 bits per heavy atom. The van der Waals surface area contributed by atoms with Crippen molar-refractivity contribution in [2.45, 2.75) is 38.6 Å². The van der Waals surface area contributed by atoms with E-state index >= 15 is 0 Å². The van der Waals surface area contributed by atoms with Gasteiger partial charge in [0.1, 0.15) is 5.82 Å². The SMILES string of the molecule is Cc1cc(C)cc(NC2CC(c3ccccc3F)C2)c1. The molecule has 0 unspecified atom stereocenters. The van der Waals surface area contributed by atoms with E-state index < -0.39 is 0 Å². The van der Waals surface area contributed by atoms with Gasteiger partial charge in [0, 0.05) is 11.7 Å². The van der Waals surface area contributed by atoms with Crippen LogP contribution in [0.5, 0.6) is 0 Å². The highest BCUT2D eigenvalue weighted by Gasteiger charge is 2.31. The molecule has 0 radical (unpaired) electrons. The molecular formula is C18H20FN. The number of aryl methyl sites for hydroxylation is 2. The third kappa shape index (κ3) is 2.69. The Kier molecular flexibility index (Phi) is 3.47. The number of nitrogens with one attached hydrogen (secondary N) is 1. The smallest absolute Gasteiger partial charge is 0.126 e.